The lowest BCUT2D eigenvalue weighted by atomic mass is 10.1. The Morgan fingerprint density at radius 2 is 2.00 bits per heavy atom. The lowest BCUT2D eigenvalue weighted by Gasteiger charge is -2.23. The molecular formula is C18H20N2O2. The van der Waals surface area contributed by atoms with Gasteiger partial charge in [0.1, 0.15) is 5.75 Å². The van der Waals surface area contributed by atoms with E-state index in [1.807, 2.05) is 42.2 Å². The minimum Gasteiger partial charge on any atom is -0.496 e. The van der Waals surface area contributed by atoms with E-state index in [2.05, 4.69) is 4.98 Å². The van der Waals surface area contributed by atoms with E-state index in [1.54, 1.807) is 19.5 Å². The van der Waals surface area contributed by atoms with Gasteiger partial charge in [0, 0.05) is 30.5 Å². The largest absolute Gasteiger partial charge is 0.496 e. The van der Waals surface area contributed by atoms with Gasteiger partial charge >= 0.3 is 0 Å². The van der Waals surface area contributed by atoms with Gasteiger partial charge in [-0.15, -0.1) is 0 Å². The molecule has 0 bridgehead atoms. The highest BCUT2D eigenvalue weighted by molar-refractivity contribution is 5.95. The number of carbonyl (C=O) groups is 1. The highest BCUT2D eigenvalue weighted by Gasteiger charge is 2.33. The Morgan fingerprint density at radius 1 is 1.27 bits per heavy atom. The number of aryl methyl sites for hydroxylation is 1. The molecular weight excluding hydrogens is 276 g/mol. The van der Waals surface area contributed by atoms with Crippen molar-refractivity contribution in [3.8, 4) is 5.75 Å². The molecule has 22 heavy (non-hydrogen) atoms. The minimum atomic E-state index is 0.0672. The Kier molecular flexibility index (Phi) is 4.09. The van der Waals surface area contributed by atoms with E-state index in [4.69, 9.17) is 4.74 Å². The number of rotatable bonds is 5. The zero-order valence-electron chi connectivity index (χ0n) is 13.0. The molecule has 0 saturated heterocycles. The molecule has 4 heteroatoms. The van der Waals surface area contributed by atoms with Crippen LogP contribution in [0.2, 0.25) is 0 Å². The summed E-state index contributed by atoms with van der Waals surface area (Å²) in [6.07, 6.45) is 5.69. The zero-order chi connectivity index (χ0) is 15.5. The summed E-state index contributed by atoms with van der Waals surface area (Å²) < 4.78 is 5.33. The first-order valence-electron chi connectivity index (χ1n) is 7.53. The molecule has 3 rings (SSSR count). The van der Waals surface area contributed by atoms with Crippen LogP contribution in [0.5, 0.6) is 5.75 Å². The molecule has 4 nitrogen and oxygen atoms in total. The summed E-state index contributed by atoms with van der Waals surface area (Å²) in [5.74, 6) is 0.822. The molecule has 1 heterocycles. The maximum atomic E-state index is 12.9. The maximum Gasteiger partial charge on any atom is 0.254 e. The van der Waals surface area contributed by atoms with Crippen LogP contribution in [0.15, 0.2) is 42.7 Å². The smallest absolute Gasteiger partial charge is 0.254 e. The fourth-order valence-corrected chi connectivity index (χ4v) is 2.56. The predicted molar refractivity (Wildman–Crippen MR) is 84.9 cm³/mol. The molecule has 2 aromatic rings. The van der Waals surface area contributed by atoms with Crippen LogP contribution in [0.25, 0.3) is 0 Å². The van der Waals surface area contributed by atoms with E-state index < -0.39 is 0 Å². The molecule has 0 aliphatic heterocycles. The average Bonchev–Trinajstić information content (AvgIpc) is 3.38. The number of ether oxygens (including phenoxy) is 1. The summed E-state index contributed by atoms with van der Waals surface area (Å²) in [5, 5.41) is 0. The number of aromatic nitrogens is 1. The Balaban J connectivity index is 1.84. The second-order valence-electron chi connectivity index (χ2n) is 5.70. The fraction of sp³-hybridized carbons (Fsp3) is 0.333. The van der Waals surface area contributed by atoms with Crippen LogP contribution in [0.4, 0.5) is 0 Å². The van der Waals surface area contributed by atoms with Crippen LogP contribution in [0.1, 0.15) is 34.3 Å². The summed E-state index contributed by atoms with van der Waals surface area (Å²) >= 11 is 0. The number of pyridine rings is 1. The zero-order valence-corrected chi connectivity index (χ0v) is 13.0. The SMILES string of the molecule is COc1cc(C(=O)N(Cc2ccncc2)C2CC2)ccc1C. The van der Waals surface area contributed by atoms with Crippen molar-refractivity contribution in [3.63, 3.8) is 0 Å². The van der Waals surface area contributed by atoms with Crippen molar-refractivity contribution < 1.29 is 9.53 Å². The molecule has 1 aliphatic carbocycles. The third-order valence-corrected chi connectivity index (χ3v) is 4.01. The highest BCUT2D eigenvalue weighted by Crippen LogP contribution is 2.30. The van der Waals surface area contributed by atoms with E-state index >= 15 is 0 Å². The Labute approximate surface area is 130 Å². The lowest BCUT2D eigenvalue weighted by Crippen LogP contribution is -2.32. The molecule has 114 valence electrons. The van der Waals surface area contributed by atoms with Crippen LogP contribution in [0, 0.1) is 6.92 Å². The van der Waals surface area contributed by atoms with Gasteiger partial charge in [-0.25, -0.2) is 0 Å². The molecule has 1 aliphatic rings. The molecule has 0 N–H and O–H groups in total. The van der Waals surface area contributed by atoms with Crippen molar-refractivity contribution >= 4 is 5.91 Å². The number of hydrogen-bond acceptors (Lipinski definition) is 3. The molecule has 0 spiro atoms. The summed E-state index contributed by atoms with van der Waals surface area (Å²) in [6.45, 7) is 2.60. The van der Waals surface area contributed by atoms with Crippen LogP contribution in [-0.2, 0) is 6.54 Å². The first kappa shape index (κ1) is 14.6. The van der Waals surface area contributed by atoms with Crippen LogP contribution < -0.4 is 4.74 Å². The summed E-state index contributed by atoms with van der Waals surface area (Å²) in [4.78, 5) is 18.9. The fourth-order valence-electron chi connectivity index (χ4n) is 2.56. The van der Waals surface area contributed by atoms with E-state index in [0.29, 0.717) is 18.2 Å². The summed E-state index contributed by atoms with van der Waals surface area (Å²) in [6, 6.07) is 9.91. The topological polar surface area (TPSA) is 42.4 Å². The summed E-state index contributed by atoms with van der Waals surface area (Å²) in [5.41, 5.74) is 2.82. The van der Waals surface area contributed by atoms with Gasteiger partial charge < -0.3 is 9.64 Å². The second-order valence-corrected chi connectivity index (χ2v) is 5.70. The van der Waals surface area contributed by atoms with Gasteiger partial charge in [-0.1, -0.05) is 6.07 Å². The Morgan fingerprint density at radius 3 is 2.64 bits per heavy atom. The Bertz CT molecular complexity index is 666. The van der Waals surface area contributed by atoms with Crippen molar-refractivity contribution in [1.29, 1.82) is 0 Å². The van der Waals surface area contributed by atoms with Crippen molar-refractivity contribution in [2.24, 2.45) is 0 Å². The molecule has 0 unspecified atom stereocenters. The minimum absolute atomic E-state index is 0.0672. The molecule has 1 aromatic heterocycles. The van der Waals surface area contributed by atoms with Crippen LogP contribution >= 0.6 is 0 Å². The molecule has 1 saturated carbocycles. The predicted octanol–water partition coefficient (Wildman–Crippen LogP) is 3.20. The first-order chi connectivity index (χ1) is 10.7. The lowest BCUT2D eigenvalue weighted by molar-refractivity contribution is 0.0729. The van der Waals surface area contributed by atoms with E-state index in [1.165, 1.54) is 0 Å². The molecule has 1 aromatic carbocycles. The third-order valence-electron chi connectivity index (χ3n) is 4.01. The summed E-state index contributed by atoms with van der Waals surface area (Å²) in [7, 11) is 1.63. The van der Waals surface area contributed by atoms with E-state index in [9.17, 15) is 4.79 Å². The van der Waals surface area contributed by atoms with Crippen LogP contribution in [-0.4, -0.2) is 28.9 Å². The first-order valence-corrected chi connectivity index (χ1v) is 7.53. The van der Waals surface area contributed by atoms with Crippen LogP contribution in [0.3, 0.4) is 0 Å². The highest BCUT2D eigenvalue weighted by atomic mass is 16.5. The van der Waals surface area contributed by atoms with Gasteiger partial charge in [-0.3, -0.25) is 9.78 Å². The normalized spacial score (nSPS) is 13.7. The maximum absolute atomic E-state index is 12.9. The number of benzene rings is 1. The molecule has 1 amide bonds. The van der Waals surface area contributed by atoms with Gasteiger partial charge in [-0.05, 0) is 55.2 Å². The molecule has 0 radical (unpaired) electrons. The van der Waals surface area contributed by atoms with E-state index in [-0.39, 0.29) is 5.91 Å². The van der Waals surface area contributed by atoms with Crippen molar-refractivity contribution in [1.82, 2.24) is 9.88 Å². The van der Waals surface area contributed by atoms with Gasteiger partial charge in [0.25, 0.3) is 5.91 Å². The molecule has 1 fully saturated rings. The number of amides is 1. The Hall–Kier alpha value is -2.36. The van der Waals surface area contributed by atoms with Gasteiger partial charge in [0.15, 0.2) is 0 Å². The second kappa shape index (κ2) is 6.18. The van der Waals surface area contributed by atoms with Crippen molar-refractivity contribution in [3.05, 3.63) is 59.4 Å². The number of nitrogens with zero attached hydrogens (tertiary/aromatic N) is 2. The quantitative estimate of drug-likeness (QED) is 0.851. The van der Waals surface area contributed by atoms with Gasteiger partial charge in [0.05, 0.1) is 7.11 Å². The monoisotopic (exact) mass is 296 g/mol. The third kappa shape index (κ3) is 3.11. The standard InChI is InChI=1S/C18H20N2O2/c1-13-3-4-15(11-17(13)22-2)18(21)20(16-5-6-16)12-14-7-9-19-10-8-14/h3-4,7-11,16H,5-6,12H2,1-2H3. The molecule has 0 atom stereocenters. The number of hydrogen-bond donors (Lipinski definition) is 0. The van der Waals surface area contributed by atoms with Gasteiger partial charge in [-0.2, -0.15) is 0 Å². The van der Waals surface area contributed by atoms with Crippen molar-refractivity contribution in [2.45, 2.75) is 32.4 Å². The number of carbonyl (C=O) groups excluding carboxylic acids is 1. The van der Waals surface area contributed by atoms with E-state index in [0.717, 1.165) is 29.7 Å². The average molecular weight is 296 g/mol. The van der Waals surface area contributed by atoms with Gasteiger partial charge in [0.2, 0.25) is 0 Å². The van der Waals surface area contributed by atoms with Crippen molar-refractivity contribution in [2.75, 3.05) is 7.11 Å². The number of methoxy groups -OCH3 is 1.